The second-order valence-corrected chi connectivity index (χ2v) is 6.62. The molecular weight excluding hydrogens is 240 g/mol. The molecule has 0 saturated heterocycles. The van der Waals surface area contributed by atoms with Crippen LogP contribution in [0, 0.1) is 0 Å². The monoisotopic (exact) mass is 260 g/mol. The van der Waals surface area contributed by atoms with Crippen molar-refractivity contribution >= 4 is 16.5 Å². The van der Waals surface area contributed by atoms with Gasteiger partial charge in [0.05, 0.1) is 0 Å². The van der Waals surface area contributed by atoms with E-state index in [0.717, 1.165) is 11.6 Å². The van der Waals surface area contributed by atoms with E-state index >= 15 is 0 Å². The molecule has 0 aliphatic heterocycles. The second kappa shape index (κ2) is 5.11. The molecule has 2 nitrogen and oxygen atoms in total. The minimum atomic E-state index is 0.225. The first-order valence-electron chi connectivity index (χ1n) is 6.21. The molecule has 0 atom stereocenters. The number of thiazole rings is 1. The molecule has 1 N–H and O–H groups in total. The summed E-state index contributed by atoms with van der Waals surface area (Å²) in [5.74, 6) is 0. The van der Waals surface area contributed by atoms with Crippen molar-refractivity contribution in [3.05, 3.63) is 46.5 Å². The SMILES string of the molecule is CNc1ncc(Cc2ccc(C(C)(C)C)cc2)s1. The van der Waals surface area contributed by atoms with Crippen molar-refractivity contribution < 1.29 is 0 Å². The number of hydrogen-bond acceptors (Lipinski definition) is 3. The van der Waals surface area contributed by atoms with Crippen LogP contribution >= 0.6 is 11.3 Å². The van der Waals surface area contributed by atoms with Crippen molar-refractivity contribution in [1.82, 2.24) is 4.98 Å². The van der Waals surface area contributed by atoms with E-state index in [9.17, 15) is 0 Å². The van der Waals surface area contributed by atoms with Crippen molar-refractivity contribution in [2.45, 2.75) is 32.6 Å². The molecule has 0 fully saturated rings. The van der Waals surface area contributed by atoms with Gasteiger partial charge in [-0.15, -0.1) is 11.3 Å². The van der Waals surface area contributed by atoms with E-state index < -0.39 is 0 Å². The Balaban J connectivity index is 2.11. The van der Waals surface area contributed by atoms with Crippen LogP contribution in [0.1, 0.15) is 36.8 Å². The van der Waals surface area contributed by atoms with Crippen LogP contribution < -0.4 is 5.32 Å². The third-order valence-electron chi connectivity index (χ3n) is 2.97. The lowest BCUT2D eigenvalue weighted by Crippen LogP contribution is -2.10. The summed E-state index contributed by atoms with van der Waals surface area (Å²) in [6.07, 6.45) is 2.91. The highest BCUT2D eigenvalue weighted by Crippen LogP contribution is 2.24. The first kappa shape index (κ1) is 13.1. The van der Waals surface area contributed by atoms with E-state index in [1.807, 2.05) is 13.2 Å². The molecule has 1 heterocycles. The smallest absolute Gasteiger partial charge is 0.182 e. The fourth-order valence-corrected chi connectivity index (χ4v) is 2.63. The van der Waals surface area contributed by atoms with E-state index in [1.54, 1.807) is 11.3 Å². The summed E-state index contributed by atoms with van der Waals surface area (Å²) in [5.41, 5.74) is 2.95. The van der Waals surface area contributed by atoms with Crippen LogP contribution in [0.4, 0.5) is 5.13 Å². The Bertz CT molecular complexity index is 506. The summed E-state index contributed by atoms with van der Waals surface area (Å²) in [4.78, 5) is 5.59. The van der Waals surface area contributed by atoms with Gasteiger partial charge >= 0.3 is 0 Å². The van der Waals surface area contributed by atoms with E-state index in [0.29, 0.717) is 0 Å². The number of rotatable bonds is 3. The molecule has 1 aromatic carbocycles. The summed E-state index contributed by atoms with van der Waals surface area (Å²) in [7, 11) is 1.90. The minimum Gasteiger partial charge on any atom is -0.365 e. The average molecular weight is 260 g/mol. The molecule has 0 radical (unpaired) electrons. The molecule has 96 valence electrons. The predicted octanol–water partition coefficient (Wildman–Crippen LogP) is 4.07. The van der Waals surface area contributed by atoms with Crippen molar-refractivity contribution in [1.29, 1.82) is 0 Å². The summed E-state index contributed by atoms with van der Waals surface area (Å²) >= 11 is 1.72. The number of anilines is 1. The van der Waals surface area contributed by atoms with Crippen LogP contribution in [0.3, 0.4) is 0 Å². The molecule has 0 bridgehead atoms. The van der Waals surface area contributed by atoms with Crippen molar-refractivity contribution in [3.8, 4) is 0 Å². The van der Waals surface area contributed by atoms with Crippen LogP contribution in [-0.4, -0.2) is 12.0 Å². The van der Waals surface area contributed by atoms with Gasteiger partial charge in [0.25, 0.3) is 0 Å². The Hall–Kier alpha value is -1.35. The molecule has 0 saturated carbocycles. The zero-order chi connectivity index (χ0) is 13.2. The van der Waals surface area contributed by atoms with Gasteiger partial charge in [0.2, 0.25) is 0 Å². The number of hydrogen-bond donors (Lipinski definition) is 1. The van der Waals surface area contributed by atoms with Gasteiger partial charge in [0.1, 0.15) is 0 Å². The molecule has 0 aliphatic rings. The predicted molar refractivity (Wildman–Crippen MR) is 79.6 cm³/mol. The van der Waals surface area contributed by atoms with Gasteiger partial charge in [-0.2, -0.15) is 0 Å². The quantitative estimate of drug-likeness (QED) is 0.899. The molecule has 0 aliphatic carbocycles. The zero-order valence-corrected chi connectivity index (χ0v) is 12.3. The van der Waals surface area contributed by atoms with Gasteiger partial charge in [0.15, 0.2) is 5.13 Å². The van der Waals surface area contributed by atoms with Crippen LogP contribution in [0.15, 0.2) is 30.5 Å². The zero-order valence-electron chi connectivity index (χ0n) is 11.4. The number of aromatic nitrogens is 1. The fraction of sp³-hybridized carbons (Fsp3) is 0.400. The Kier molecular flexibility index (Phi) is 3.71. The molecule has 0 unspecified atom stereocenters. The first-order chi connectivity index (χ1) is 8.49. The fourth-order valence-electron chi connectivity index (χ4n) is 1.83. The lowest BCUT2D eigenvalue weighted by Gasteiger charge is -2.19. The lowest BCUT2D eigenvalue weighted by molar-refractivity contribution is 0.590. The number of nitrogens with zero attached hydrogens (tertiary/aromatic N) is 1. The van der Waals surface area contributed by atoms with Crippen LogP contribution in [-0.2, 0) is 11.8 Å². The van der Waals surface area contributed by atoms with Crippen molar-refractivity contribution in [2.75, 3.05) is 12.4 Å². The third kappa shape index (κ3) is 3.10. The maximum absolute atomic E-state index is 4.30. The van der Waals surface area contributed by atoms with Gasteiger partial charge in [-0.1, -0.05) is 45.0 Å². The van der Waals surface area contributed by atoms with Gasteiger partial charge in [-0.3, -0.25) is 0 Å². The Labute approximate surface area is 113 Å². The summed E-state index contributed by atoms with van der Waals surface area (Å²) in [6, 6.07) is 8.91. The van der Waals surface area contributed by atoms with Crippen LogP contribution in [0.5, 0.6) is 0 Å². The highest BCUT2D eigenvalue weighted by Gasteiger charge is 2.12. The van der Waals surface area contributed by atoms with Gasteiger partial charge in [-0.05, 0) is 16.5 Å². The highest BCUT2D eigenvalue weighted by atomic mass is 32.1. The van der Waals surface area contributed by atoms with E-state index in [-0.39, 0.29) is 5.41 Å². The maximum Gasteiger partial charge on any atom is 0.182 e. The molecule has 3 heteroatoms. The molecular formula is C15H20N2S. The standard InChI is InChI=1S/C15H20N2S/c1-15(2,3)12-7-5-11(6-8-12)9-13-10-17-14(16-4)18-13/h5-8,10H,9H2,1-4H3,(H,16,17). The Morgan fingerprint density at radius 1 is 1.17 bits per heavy atom. The van der Waals surface area contributed by atoms with Crippen LogP contribution in [0.25, 0.3) is 0 Å². The molecule has 0 spiro atoms. The molecule has 2 aromatic rings. The van der Waals surface area contributed by atoms with Gasteiger partial charge < -0.3 is 5.32 Å². The van der Waals surface area contributed by atoms with Crippen molar-refractivity contribution in [3.63, 3.8) is 0 Å². The minimum absolute atomic E-state index is 0.225. The Morgan fingerprint density at radius 3 is 2.33 bits per heavy atom. The highest BCUT2D eigenvalue weighted by molar-refractivity contribution is 7.15. The normalized spacial score (nSPS) is 11.6. The van der Waals surface area contributed by atoms with Crippen LogP contribution in [0.2, 0.25) is 0 Å². The second-order valence-electron chi connectivity index (χ2n) is 5.51. The summed E-state index contributed by atoms with van der Waals surface area (Å²) in [5, 5.41) is 4.05. The first-order valence-corrected chi connectivity index (χ1v) is 7.02. The van der Waals surface area contributed by atoms with Crippen molar-refractivity contribution in [2.24, 2.45) is 0 Å². The summed E-state index contributed by atoms with van der Waals surface area (Å²) in [6.45, 7) is 6.72. The third-order valence-corrected chi connectivity index (χ3v) is 3.98. The topological polar surface area (TPSA) is 24.9 Å². The van der Waals surface area contributed by atoms with E-state index in [1.165, 1.54) is 16.0 Å². The maximum atomic E-state index is 4.30. The largest absolute Gasteiger partial charge is 0.365 e. The lowest BCUT2D eigenvalue weighted by atomic mass is 9.86. The number of nitrogens with one attached hydrogen (secondary N) is 1. The van der Waals surface area contributed by atoms with E-state index in [2.05, 4.69) is 55.3 Å². The molecule has 2 rings (SSSR count). The number of benzene rings is 1. The Morgan fingerprint density at radius 2 is 1.83 bits per heavy atom. The molecule has 18 heavy (non-hydrogen) atoms. The van der Waals surface area contributed by atoms with Gasteiger partial charge in [0, 0.05) is 24.5 Å². The summed E-state index contributed by atoms with van der Waals surface area (Å²) < 4.78 is 0. The van der Waals surface area contributed by atoms with E-state index in [4.69, 9.17) is 0 Å². The van der Waals surface area contributed by atoms with Gasteiger partial charge in [-0.25, -0.2) is 4.98 Å². The molecule has 1 aromatic heterocycles. The average Bonchev–Trinajstić information content (AvgIpc) is 2.76. The molecule has 0 amide bonds.